The van der Waals surface area contributed by atoms with Crippen LogP contribution in [0.25, 0.3) is 0 Å². The van der Waals surface area contributed by atoms with Gasteiger partial charge in [-0.25, -0.2) is 9.78 Å². The van der Waals surface area contributed by atoms with Crippen molar-refractivity contribution in [1.29, 1.82) is 0 Å². The molecule has 0 spiro atoms. The van der Waals surface area contributed by atoms with Crippen molar-refractivity contribution in [2.45, 2.75) is 0 Å². The van der Waals surface area contributed by atoms with E-state index in [1.807, 2.05) is 0 Å². The Labute approximate surface area is 164 Å². The number of urea groups is 1. The lowest BCUT2D eigenvalue weighted by molar-refractivity contribution is 0.102. The predicted octanol–water partition coefficient (Wildman–Crippen LogP) is 4.70. The molecule has 1 aromatic heterocycles. The second-order valence-electron chi connectivity index (χ2n) is 5.28. The van der Waals surface area contributed by atoms with E-state index in [0.717, 1.165) is 11.3 Å². The van der Waals surface area contributed by atoms with Gasteiger partial charge in [0.05, 0.1) is 12.8 Å². The highest BCUT2D eigenvalue weighted by atomic mass is 35.5. The van der Waals surface area contributed by atoms with Gasteiger partial charge in [0, 0.05) is 16.1 Å². The Morgan fingerprint density at radius 2 is 1.78 bits per heavy atom. The van der Waals surface area contributed by atoms with Gasteiger partial charge >= 0.3 is 6.03 Å². The number of halogens is 1. The SMILES string of the molecule is COc1ccccc1NC(=O)c1csc(NC(=O)Nc2ccc(Cl)cc2)n1. The van der Waals surface area contributed by atoms with Crippen LogP contribution >= 0.6 is 22.9 Å². The van der Waals surface area contributed by atoms with Crippen molar-refractivity contribution in [3.8, 4) is 5.75 Å². The van der Waals surface area contributed by atoms with Gasteiger partial charge in [-0.1, -0.05) is 23.7 Å². The first-order valence-electron chi connectivity index (χ1n) is 7.78. The van der Waals surface area contributed by atoms with E-state index >= 15 is 0 Å². The molecule has 3 N–H and O–H groups in total. The average molecular weight is 403 g/mol. The van der Waals surface area contributed by atoms with Gasteiger partial charge in [0.15, 0.2) is 5.13 Å². The van der Waals surface area contributed by atoms with Crippen LogP contribution in [0, 0.1) is 0 Å². The number of para-hydroxylation sites is 2. The number of carbonyl (C=O) groups is 2. The largest absolute Gasteiger partial charge is 0.495 e. The summed E-state index contributed by atoms with van der Waals surface area (Å²) in [5, 5.41) is 10.4. The first kappa shape index (κ1) is 18.7. The number of benzene rings is 2. The van der Waals surface area contributed by atoms with E-state index < -0.39 is 11.9 Å². The Balaban J connectivity index is 1.61. The number of nitrogens with zero attached hydrogens (tertiary/aromatic N) is 1. The maximum atomic E-state index is 12.3. The third-order valence-corrected chi connectivity index (χ3v) is 4.42. The smallest absolute Gasteiger partial charge is 0.325 e. The lowest BCUT2D eigenvalue weighted by Gasteiger charge is -2.08. The molecule has 0 fully saturated rings. The summed E-state index contributed by atoms with van der Waals surface area (Å²) in [5.74, 6) is 0.142. The summed E-state index contributed by atoms with van der Waals surface area (Å²) in [6.45, 7) is 0. The van der Waals surface area contributed by atoms with Crippen LogP contribution in [0.1, 0.15) is 10.5 Å². The van der Waals surface area contributed by atoms with Crippen molar-refractivity contribution >= 4 is 51.4 Å². The van der Waals surface area contributed by atoms with Gasteiger partial charge in [-0.15, -0.1) is 11.3 Å². The van der Waals surface area contributed by atoms with E-state index in [-0.39, 0.29) is 5.69 Å². The molecule has 7 nitrogen and oxygen atoms in total. The number of nitrogens with one attached hydrogen (secondary N) is 3. The Morgan fingerprint density at radius 1 is 1.04 bits per heavy atom. The summed E-state index contributed by atoms with van der Waals surface area (Å²) in [6.07, 6.45) is 0. The topological polar surface area (TPSA) is 92.4 Å². The molecule has 0 unspecified atom stereocenters. The number of aromatic nitrogens is 1. The maximum Gasteiger partial charge on any atom is 0.325 e. The minimum absolute atomic E-state index is 0.188. The summed E-state index contributed by atoms with van der Waals surface area (Å²) in [5.41, 5.74) is 1.31. The van der Waals surface area contributed by atoms with Gasteiger partial charge in [0.2, 0.25) is 0 Å². The lowest BCUT2D eigenvalue weighted by atomic mass is 10.3. The van der Waals surface area contributed by atoms with Gasteiger partial charge in [-0.2, -0.15) is 0 Å². The van der Waals surface area contributed by atoms with Gasteiger partial charge < -0.3 is 15.4 Å². The fraction of sp³-hybridized carbons (Fsp3) is 0.0556. The number of thiazole rings is 1. The van der Waals surface area contributed by atoms with E-state index in [0.29, 0.717) is 27.3 Å². The number of amides is 3. The number of hydrogen-bond acceptors (Lipinski definition) is 5. The van der Waals surface area contributed by atoms with Crippen LogP contribution in [-0.4, -0.2) is 24.0 Å². The zero-order valence-electron chi connectivity index (χ0n) is 14.2. The van der Waals surface area contributed by atoms with Gasteiger partial charge in [-0.3, -0.25) is 10.1 Å². The molecule has 0 aliphatic rings. The van der Waals surface area contributed by atoms with Crippen molar-refractivity contribution in [3.63, 3.8) is 0 Å². The van der Waals surface area contributed by atoms with Crippen LogP contribution in [0.4, 0.5) is 21.3 Å². The standard InChI is InChI=1S/C18H15ClN4O3S/c1-26-15-5-3-2-4-13(15)21-16(24)14-10-27-18(22-14)23-17(25)20-12-8-6-11(19)7-9-12/h2-10H,1H3,(H,21,24)(H2,20,22,23,25). The Bertz CT molecular complexity index is 959. The van der Waals surface area contributed by atoms with Crippen LogP contribution in [0.15, 0.2) is 53.9 Å². The second kappa shape index (κ2) is 8.52. The van der Waals surface area contributed by atoms with E-state index in [9.17, 15) is 9.59 Å². The van der Waals surface area contributed by atoms with E-state index in [1.54, 1.807) is 53.9 Å². The lowest BCUT2D eigenvalue weighted by Crippen LogP contribution is -2.19. The number of rotatable bonds is 5. The molecule has 0 saturated heterocycles. The minimum atomic E-state index is -0.469. The number of methoxy groups -OCH3 is 1. The zero-order chi connectivity index (χ0) is 19.2. The van der Waals surface area contributed by atoms with Crippen LogP contribution in [0.3, 0.4) is 0 Å². The van der Waals surface area contributed by atoms with Crippen molar-refractivity contribution < 1.29 is 14.3 Å². The molecule has 0 bridgehead atoms. The summed E-state index contributed by atoms with van der Waals surface area (Å²) in [7, 11) is 1.52. The van der Waals surface area contributed by atoms with Crippen LogP contribution in [0.5, 0.6) is 5.75 Å². The quantitative estimate of drug-likeness (QED) is 0.576. The van der Waals surface area contributed by atoms with Crippen molar-refractivity contribution in [1.82, 2.24) is 4.98 Å². The molecule has 3 amide bonds. The number of hydrogen-bond donors (Lipinski definition) is 3. The molecule has 0 aliphatic heterocycles. The number of ether oxygens (including phenoxy) is 1. The summed E-state index contributed by atoms with van der Waals surface area (Å²) in [4.78, 5) is 28.5. The summed E-state index contributed by atoms with van der Waals surface area (Å²) < 4.78 is 5.20. The molecule has 27 heavy (non-hydrogen) atoms. The molecule has 3 aromatic rings. The molecule has 0 atom stereocenters. The highest BCUT2D eigenvalue weighted by Crippen LogP contribution is 2.24. The van der Waals surface area contributed by atoms with E-state index in [4.69, 9.17) is 16.3 Å². The monoisotopic (exact) mass is 402 g/mol. The van der Waals surface area contributed by atoms with Crippen LogP contribution in [-0.2, 0) is 0 Å². The van der Waals surface area contributed by atoms with Gasteiger partial charge in [0.1, 0.15) is 11.4 Å². The molecular formula is C18H15ClN4O3S. The molecule has 3 rings (SSSR count). The Kier molecular flexibility index (Phi) is 5.90. The zero-order valence-corrected chi connectivity index (χ0v) is 15.7. The molecule has 0 aliphatic carbocycles. The highest BCUT2D eigenvalue weighted by Gasteiger charge is 2.14. The summed E-state index contributed by atoms with van der Waals surface area (Å²) >= 11 is 6.95. The number of anilines is 3. The molecule has 0 saturated carbocycles. The molecule has 0 radical (unpaired) electrons. The first-order valence-corrected chi connectivity index (χ1v) is 9.04. The van der Waals surface area contributed by atoms with Crippen molar-refractivity contribution in [2.24, 2.45) is 0 Å². The maximum absolute atomic E-state index is 12.3. The molecular weight excluding hydrogens is 388 g/mol. The molecule has 9 heteroatoms. The molecule has 2 aromatic carbocycles. The van der Waals surface area contributed by atoms with E-state index in [1.165, 1.54) is 7.11 Å². The third-order valence-electron chi connectivity index (χ3n) is 3.41. The molecule has 1 heterocycles. The van der Waals surface area contributed by atoms with Crippen molar-refractivity contribution in [3.05, 3.63) is 64.6 Å². The average Bonchev–Trinajstić information content (AvgIpc) is 3.12. The van der Waals surface area contributed by atoms with Crippen LogP contribution in [0.2, 0.25) is 5.02 Å². The van der Waals surface area contributed by atoms with Gasteiger partial charge in [0.25, 0.3) is 5.91 Å². The molecule has 138 valence electrons. The van der Waals surface area contributed by atoms with Crippen LogP contribution < -0.4 is 20.7 Å². The highest BCUT2D eigenvalue weighted by molar-refractivity contribution is 7.14. The van der Waals surface area contributed by atoms with E-state index in [2.05, 4.69) is 20.9 Å². The number of carbonyl (C=O) groups excluding carboxylic acids is 2. The normalized spacial score (nSPS) is 10.1. The Hall–Kier alpha value is -3.10. The third kappa shape index (κ3) is 4.96. The van der Waals surface area contributed by atoms with Crippen molar-refractivity contribution in [2.75, 3.05) is 23.1 Å². The second-order valence-corrected chi connectivity index (χ2v) is 6.57. The predicted molar refractivity (Wildman–Crippen MR) is 107 cm³/mol. The summed E-state index contributed by atoms with van der Waals surface area (Å²) in [6, 6.07) is 13.3. The minimum Gasteiger partial charge on any atom is -0.495 e. The first-order chi connectivity index (χ1) is 13.0. The fourth-order valence-electron chi connectivity index (χ4n) is 2.16. The Morgan fingerprint density at radius 3 is 2.52 bits per heavy atom. The fourth-order valence-corrected chi connectivity index (χ4v) is 2.97. The van der Waals surface area contributed by atoms with Gasteiger partial charge in [-0.05, 0) is 36.4 Å².